The molecule has 1 amide bonds. The standard InChI is InChI=1S/C21H21F2N3O/c22-17-7-3-15(4-8-17)6-10-21(27)25-18-2-1-11-26(14-18)20-9-5-16(13-24)12-19(20)23/h3-5,7-9,12,18H,1-2,6,10-11,14H2,(H,25,27). The van der Waals surface area contributed by atoms with Crippen LogP contribution in [0.1, 0.15) is 30.4 Å². The van der Waals surface area contributed by atoms with E-state index in [0.717, 1.165) is 18.4 Å². The third-order valence-corrected chi connectivity index (χ3v) is 4.76. The summed E-state index contributed by atoms with van der Waals surface area (Å²) in [7, 11) is 0. The normalized spacial score (nSPS) is 16.6. The molecule has 4 nitrogen and oxygen atoms in total. The molecule has 1 fully saturated rings. The van der Waals surface area contributed by atoms with Crippen molar-refractivity contribution in [3.8, 4) is 6.07 Å². The molecule has 0 radical (unpaired) electrons. The van der Waals surface area contributed by atoms with Gasteiger partial charge in [0, 0.05) is 25.6 Å². The number of benzene rings is 2. The summed E-state index contributed by atoms with van der Waals surface area (Å²) < 4.78 is 27.2. The van der Waals surface area contributed by atoms with Crippen LogP contribution in [0, 0.1) is 23.0 Å². The van der Waals surface area contributed by atoms with Crippen molar-refractivity contribution in [2.24, 2.45) is 0 Å². The van der Waals surface area contributed by atoms with E-state index in [1.54, 1.807) is 24.3 Å². The third-order valence-electron chi connectivity index (χ3n) is 4.76. The Morgan fingerprint density at radius 2 is 2.00 bits per heavy atom. The van der Waals surface area contributed by atoms with Gasteiger partial charge in [-0.3, -0.25) is 4.79 Å². The van der Waals surface area contributed by atoms with Gasteiger partial charge < -0.3 is 10.2 Å². The van der Waals surface area contributed by atoms with Crippen LogP contribution in [0.5, 0.6) is 0 Å². The fourth-order valence-corrected chi connectivity index (χ4v) is 3.36. The monoisotopic (exact) mass is 369 g/mol. The van der Waals surface area contributed by atoms with Crippen molar-refractivity contribution >= 4 is 11.6 Å². The minimum absolute atomic E-state index is 0.0467. The minimum Gasteiger partial charge on any atom is -0.367 e. The largest absolute Gasteiger partial charge is 0.367 e. The SMILES string of the molecule is N#Cc1ccc(N2CCCC(NC(=O)CCc3ccc(F)cc3)C2)c(F)c1. The van der Waals surface area contributed by atoms with E-state index in [4.69, 9.17) is 5.26 Å². The molecule has 140 valence electrons. The number of carbonyl (C=O) groups is 1. The molecule has 0 aromatic heterocycles. The van der Waals surface area contributed by atoms with Crippen LogP contribution in [0.4, 0.5) is 14.5 Å². The van der Waals surface area contributed by atoms with Crippen molar-refractivity contribution in [3.63, 3.8) is 0 Å². The zero-order chi connectivity index (χ0) is 19.2. The minimum atomic E-state index is -0.419. The Morgan fingerprint density at radius 1 is 1.22 bits per heavy atom. The molecule has 1 heterocycles. The number of hydrogen-bond donors (Lipinski definition) is 1. The lowest BCUT2D eigenvalue weighted by Crippen LogP contribution is -2.48. The highest BCUT2D eigenvalue weighted by Crippen LogP contribution is 2.24. The summed E-state index contributed by atoms with van der Waals surface area (Å²) in [5.74, 6) is -0.774. The number of nitrogens with one attached hydrogen (secondary N) is 1. The van der Waals surface area contributed by atoms with Crippen LogP contribution in [-0.2, 0) is 11.2 Å². The first-order valence-electron chi connectivity index (χ1n) is 9.03. The first-order chi connectivity index (χ1) is 13.0. The topological polar surface area (TPSA) is 56.1 Å². The molecule has 1 unspecified atom stereocenters. The Hall–Kier alpha value is -2.94. The summed E-state index contributed by atoms with van der Waals surface area (Å²) in [4.78, 5) is 14.1. The number of amides is 1. The highest BCUT2D eigenvalue weighted by molar-refractivity contribution is 5.76. The molecular formula is C21H21F2N3O. The molecule has 0 aliphatic carbocycles. The van der Waals surface area contributed by atoms with E-state index in [9.17, 15) is 13.6 Å². The van der Waals surface area contributed by atoms with E-state index < -0.39 is 5.82 Å². The van der Waals surface area contributed by atoms with Crippen LogP contribution in [0.15, 0.2) is 42.5 Å². The predicted molar refractivity (Wildman–Crippen MR) is 99.2 cm³/mol. The molecule has 27 heavy (non-hydrogen) atoms. The van der Waals surface area contributed by atoms with Crippen molar-refractivity contribution in [2.75, 3.05) is 18.0 Å². The van der Waals surface area contributed by atoms with Gasteiger partial charge in [0.1, 0.15) is 11.6 Å². The highest BCUT2D eigenvalue weighted by atomic mass is 19.1. The Balaban J connectivity index is 1.54. The summed E-state index contributed by atoms with van der Waals surface area (Å²) >= 11 is 0. The quantitative estimate of drug-likeness (QED) is 0.877. The zero-order valence-corrected chi connectivity index (χ0v) is 14.9. The molecule has 0 bridgehead atoms. The van der Waals surface area contributed by atoms with Gasteiger partial charge in [-0.25, -0.2) is 8.78 Å². The number of nitrogens with zero attached hydrogens (tertiary/aromatic N) is 2. The number of hydrogen-bond acceptors (Lipinski definition) is 3. The number of halogens is 2. The molecule has 1 aliphatic heterocycles. The molecule has 2 aromatic rings. The van der Waals surface area contributed by atoms with Gasteiger partial charge >= 0.3 is 0 Å². The number of anilines is 1. The van der Waals surface area contributed by atoms with Gasteiger partial charge in [0.05, 0.1) is 17.3 Å². The third kappa shape index (κ3) is 5.04. The average Bonchev–Trinajstić information content (AvgIpc) is 2.67. The molecule has 0 saturated carbocycles. The van der Waals surface area contributed by atoms with Gasteiger partial charge in [-0.05, 0) is 55.2 Å². The molecule has 3 rings (SSSR count). The van der Waals surface area contributed by atoms with Crippen molar-refractivity contribution in [2.45, 2.75) is 31.7 Å². The molecule has 1 atom stereocenters. The van der Waals surface area contributed by atoms with E-state index >= 15 is 0 Å². The van der Waals surface area contributed by atoms with Gasteiger partial charge in [0.15, 0.2) is 0 Å². The average molecular weight is 369 g/mol. The van der Waals surface area contributed by atoms with Gasteiger partial charge in [-0.15, -0.1) is 0 Å². The highest BCUT2D eigenvalue weighted by Gasteiger charge is 2.23. The zero-order valence-electron chi connectivity index (χ0n) is 14.9. The summed E-state index contributed by atoms with van der Waals surface area (Å²) in [6.45, 7) is 1.25. The fraction of sp³-hybridized carbons (Fsp3) is 0.333. The molecule has 6 heteroatoms. The lowest BCUT2D eigenvalue weighted by atomic mass is 10.0. The number of rotatable bonds is 5. The van der Waals surface area contributed by atoms with Crippen LogP contribution >= 0.6 is 0 Å². The first-order valence-corrected chi connectivity index (χ1v) is 9.03. The van der Waals surface area contributed by atoms with E-state index in [1.165, 1.54) is 18.2 Å². The molecule has 1 aliphatic rings. The second kappa shape index (κ2) is 8.63. The van der Waals surface area contributed by atoms with E-state index in [-0.39, 0.29) is 17.8 Å². The lowest BCUT2D eigenvalue weighted by molar-refractivity contribution is -0.121. The fourth-order valence-electron chi connectivity index (χ4n) is 3.36. The van der Waals surface area contributed by atoms with Gasteiger partial charge in [0.25, 0.3) is 0 Å². The molecule has 1 saturated heterocycles. The second-order valence-corrected chi connectivity index (χ2v) is 6.76. The maximum absolute atomic E-state index is 14.2. The molecule has 1 N–H and O–H groups in total. The van der Waals surface area contributed by atoms with E-state index in [0.29, 0.717) is 37.2 Å². The van der Waals surface area contributed by atoms with Crippen molar-refractivity contribution in [1.29, 1.82) is 5.26 Å². The lowest BCUT2D eigenvalue weighted by Gasteiger charge is -2.35. The van der Waals surface area contributed by atoms with Crippen LogP contribution < -0.4 is 10.2 Å². The van der Waals surface area contributed by atoms with E-state index in [1.807, 2.05) is 11.0 Å². The molecular weight excluding hydrogens is 348 g/mol. The van der Waals surface area contributed by atoms with Crippen LogP contribution in [0.3, 0.4) is 0 Å². The predicted octanol–water partition coefficient (Wildman–Crippen LogP) is 3.55. The molecule has 2 aromatic carbocycles. The first kappa shape index (κ1) is 18.8. The number of piperidine rings is 1. The van der Waals surface area contributed by atoms with E-state index in [2.05, 4.69) is 5.32 Å². The summed E-state index contributed by atoms with van der Waals surface area (Å²) in [5.41, 5.74) is 1.66. The maximum Gasteiger partial charge on any atom is 0.220 e. The summed E-state index contributed by atoms with van der Waals surface area (Å²) in [5, 5.41) is 11.9. The van der Waals surface area contributed by atoms with Crippen LogP contribution in [0.2, 0.25) is 0 Å². The van der Waals surface area contributed by atoms with Crippen molar-refractivity contribution in [3.05, 3.63) is 65.2 Å². The molecule has 0 spiro atoms. The van der Waals surface area contributed by atoms with Crippen molar-refractivity contribution in [1.82, 2.24) is 5.32 Å². The van der Waals surface area contributed by atoms with Crippen LogP contribution in [0.25, 0.3) is 0 Å². The number of nitriles is 1. The number of carbonyl (C=O) groups excluding carboxylic acids is 1. The Labute approximate surface area is 157 Å². The maximum atomic E-state index is 14.2. The number of aryl methyl sites for hydroxylation is 1. The van der Waals surface area contributed by atoms with Gasteiger partial charge in [-0.1, -0.05) is 12.1 Å². The second-order valence-electron chi connectivity index (χ2n) is 6.76. The van der Waals surface area contributed by atoms with Gasteiger partial charge in [0.2, 0.25) is 5.91 Å². The van der Waals surface area contributed by atoms with Crippen molar-refractivity contribution < 1.29 is 13.6 Å². The van der Waals surface area contributed by atoms with Crippen LogP contribution in [-0.4, -0.2) is 25.0 Å². The van der Waals surface area contributed by atoms with Gasteiger partial charge in [-0.2, -0.15) is 5.26 Å². The summed E-state index contributed by atoms with van der Waals surface area (Å²) in [6, 6.07) is 12.5. The Bertz CT molecular complexity index is 845. The Kier molecular flexibility index (Phi) is 6.02. The Morgan fingerprint density at radius 3 is 2.70 bits per heavy atom. The summed E-state index contributed by atoms with van der Waals surface area (Å²) in [6.07, 6.45) is 2.57. The smallest absolute Gasteiger partial charge is 0.220 e.